The fourth-order valence-electron chi connectivity index (χ4n) is 7.10. The van der Waals surface area contributed by atoms with Crippen LogP contribution in [0.2, 0.25) is 0 Å². The zero-order valence-electron chi connectivity index (χ0n) is 34.9. The Hall–Kier alpha value is -5.89. The molecule has 0 bridgehead atoms. The molecule has 2 fully saturated rings. The van der Waals surface area contributed by atoms with E-state index in [1.165, 1.54) is 12.3 Å². The fourth-order valence-corrected chi connectivity index (χ4v) is 7.10. The molecule has 5 amide bonds. The molecule has 62 heavy (non-hydrogen) atoms. The molecule has 338 valence electrons. The number of carbonyl (C=O) groups is 7. The summed E-state index contributed by atoms with van der Waals surface area (Å²) in [5.41, 5.74) is 0.568. The fraction of sp³-hybridized carbons (Fsp3) is 0.575. The number of nitrogens with zero attached hydrogens (tertiary/aromatic N) is 7. The van der Waals surface area contributed by atoms with Gasteiger partial charge in [0.25, 0.3) is 11.8 Å². The third-order valence-electron chi connectivity index (χ3n) is 10.6. The third-order valence-corrected chi connectivity index (χ3v) is 10.6. The van der Waals surface area contributed by atoms with E-state index < -0.39 is 79.0 Å². The molecule has 2 aliphatic heterocycles. The number of fused-ring (bicyclic) bond motifs is 1. The van der Waals surface area contributed by atoms with Gasteiger partial charge in [-0.1, -0.05) is 12.1 Å². The van der Waals surface area contributed by atoms with Crippen LogP contribution in [0.1, 0.15) is 42.5 Å². The molecule has 22 heteroatoms. The van der Waals surface area contributed by atoms with Crippen molar-refractivity contribution in [3.05, 3.63) is 36.0 Å². The van der Waals surface area contributed by atoms with E-state index in [9.17, 15) is 52.6 Å². The van der Waals surface area contributed by atoms with Crippen LogP contribution in [0.15, 0.2) is 30.5 Å². The van der Waals surface area contributed by atoms with Crippen molar-refractivity contribution in [3.8, 4) is 6.07 Å². The molecule has 1 aromatic heterocycles. The highest BCUT2D eigenvalue weighted by Crippen LogP contribution is 2.31. The summed E-state index contributed by atoms with van der Waals surface area (Å²) in [5.74, 6) is -8.21. The average Bonchev–Trinajstić information content (AvgIpc) is 3.55. The van der Waals surface area contributed by atoms with Crippen LogP contribution in [0, 0.1) is 11.3 Å². The molecule has 6 N–H and O–H groups in total. The van der Waals surface area contributed by atoms with Crippen LogP contribution in [0.4, 0.5) is 14.5 Å². The van der Waals surface area contributed by atoms with Gasteiger partial charge in [-0.3, -0.25) is 48.3 Å². The van der Waals surface area contributed by atoms with Gasteiger partial charge in [0.15, 0.2) is 0 Å². The summed E-state index contributed by atoms with van der Waals surface area (Å²) in [6, 6.07) is 5.45. The Kier molecular flexibility index (Phi) is 18.4. The van der Waals surface area contributed by atoms with Gasteiger partial charge in [0, 0.05) is 103 Å². The zero-order chi connectivity index (χ0) is 45.4. The topological polar surface area (TPSA) is 261 Å². The van der Waals surface area contributed by atoms with Crippen LogP contribution in [0.25, 0.3) is 10.9 Å². The number of nitrogens with one attached hydrogen (secondary N) is 4. The number of para-hydroxylation sites is 1. The Morgan fingerprint density at radius 3 is 2.13 bits per heavy atom. The number of rotatable bonds is 17. The monoisotopic (exact) mass is 871 g/mol. The predicted molar refractivity (Wildman–Crippen MR) is 220 cm³/mol. The largest absolute Gasteiger partial charge is 0.480 e. The van der Waals surface area contributed by atoms with Gasteiger partial charge in [-0.05, 0) is 32.6 Å². The van der Waals surface area contributed by atoms with E-state index >= 15 is 0 Å². The highest BCUT2D eigenvalue weighted by Gasteiger charge is 2.47. The molecule has 3 heterocycles. The first-order chi connectivity index (χ1) is 29.5. The first kappa shape index (κ1) is 48.8. The third kappa shape index (κ3) is 15.2. The first-order valence-corrected chi connectivity index (χ1v) is 20.3. The number of carboxylic acid groups (broad SMARTS) is 2. The van der Waals surface area contributed by atoms with Crippen LogP contribution in [-0.4, -0.2) is 198 Å². The lowest BCUT2D eigenvalue weighted by Gasteiger charge is -2.34. The summed E-state index contributed by atoms with van der Waals surface area (Å²) in [5, 5.41) is 39.4. The van der Waals surface area contributed by atoms with Gasteiger partial charge in [0.1, 0.15) is 12.1 Å². The predicted octanol–water partition coefficient (Wildman–Crippen LogP) is -0.525. The number of benzene rings is 1. The van der Waals surface area contributed by atoms with Gasteiger partial charge < -0.3 is 46.2 Å². The molecule has 2 atom stereocenters. The molecular formula is C40H55F2N11O9. The molecule has 1 aromatic carbocycles. The highest BCUT2D eigenvalue weighted by molar-refractivity contribution is 6.10. The van der Waals surface area contributed by atoms with E-state index in [1.807, 2.05) is 14.1 Å². The van der Waals surface area contributed by atoms with E-state index in [0.29, 0.717) is 44.7 Å². The minimum Gasteiger partial charge on any atom is -0.480 e. The number of alkyl halides is 2. The lowest BCUT2D eigenvalue weighted by Crippen LogP contribution is -2.50. The maximum Gasteiger partial charge on any atom is 0.320 e. The Morgan fingerprint density at radius 1 is 0.855 bits per heavy atom. The van der Waals surface area contributed by atoms with Crippen LogP contribution < -0.4 is 21.3 Å². The number of pyridine rings is 1. The Morgan fingerprint density at radius 2 is 1.47 bits per heavy atom. The van der Waals surface area contributed by atoms with Crippen molar-refractivity contribution < 1.29 is 52.6 Å². The summed E-state index contributed by atoms with van der Waals surface area (Å²) < 4.78 is 27.6. The Bertz CT molecular complexity index is 1980. The maximum atomic E-state index is 13.8. The second kappa shape index (κ2) is 23.4. The first-order valence-electron chi connectivity index (χ1n) is 20.3. The quantitative estimate of drug-likeness (QED) is 0.109. The zero-order valence-corrected chi connectivity index (χ0v) is 34.9. The number of anilines is 1. The van der Waals surface area contributed by atoms with Crippen molar-refractivity contribution in [2.24, 2.45) is 0 Å². The summed E-state index contributed by atoms with van der Waals surface area (Å²) >= 11 is 0. The van der Waals surface area contributed by atoms with Crippen molar-refractivity contribution in [2.75, 3.05) is 104 Å². The number of nitriles is 1. The summed E-state index contributed by atoms with van der Waals surface area (Å²) in [6.07, 6.45) is 0.0453. The minimum absolute atomic E-state index is 0.0188. The second-order valence-electron chi connectivity index (χ2n) is 15.4. The second-order valence-corrected chi connectivity index (χ2v) is 15.4. The molecular weight excluding hydrogens is 817 g/mol. The van der Waals surface area contributed by atoms with Crippen molar-refractivity contribution in [2.45, 2.75) is 50.1 Å². The van der Waals surface area contributed by atoms with Crippen molar-refractivity contribution in [3.63, 3.8) is 0 Å². The number of aromatic nitrogens is 1. The number of carbonyl (C=O) groups excluding carboxylic acids is 5. The SMILES string of the molecule is CN1CCN(C)CCN(C(CCC(=O)NCCNC(=O)CCC(=O)Nc2cccc3c(C(=O)NCC(=O)N4CC(F)(F)C[C@H]4C#N)ccnc23)C(=O)O)CCN(CC(=O)O)CC1. The summed E-state index contributed by atoms with van der Waals surface area (Å²) in [4.78, 5) is 100. The Balaban J connectivity index is 1.20. The molecule has 2 aliphatic rings. The number of carboxylic acids is 2. The van der Waals surface area contributed by atoms with Crippen molar-refractivity contribution in [1.82, 2.24) is 45.4 Å². The van der Waals surface area contributed by atoms with E-state index in [4.69, 9.17) is 5.26 Å². The number of likely N-dealkylation sites (N-methyl/N-ethyl adjacent to an activating group) is 2. The standard InChI is InChI=1S/C40H55F2N11O9/c1-49-14-15-50(2)17-20-52(21-19-51(18-16-49)25-36(58)59)31(39(61)62)6-7-32(54)44-12-13-45-33(55)8-9-34(56)48-30-5-3-4-28-29(10-11-46-37(28)30)38(60)47-24-35(57)53-26-40(41,42)22-27(53)23-43/h3-5,10-11,27,31H,6-9,12-22,24-26H2,1-2H3,(H,44,54)(H,45,55)(H,47,60)(H,48,56)(H,58,59)(H,61,62)/t27-,31?/m0/s1. The highest BCUT2D eigenvalue weighted by atomic mass is 19.3. The molecule has 1 unspecified atom stereocenters. The number of aliphatic carboxylic acids is 2. The molecule has 2 saturated heterocycles. The van der Waals surface area contributed by atoms with Gasteiger partial charge in [-0.2, -0.15) is 5.26 Å². The van der Waals surface area contributed by atoms with E-state index in [-0.39, 0.29) is 62.1 Å². The van der Waals surface area contributed by atoms with Crippen LogP contribution in [0.5, 0.6) is 0 Å². The van der Waals surface area contributed by atoms with Gasteiger partial charge in [-0.15, -0.1) is 0 Å². The van der Waals surface area contributed by atoms with E-state index in [0.717, 1.165) is 18.0 Å². The smallest absolute Gasteiger partial charge is 0.320 e. The molecule has 4 rings (SSSR count). The minimum atomic E-state index is -3.20. The van der Waals surface area contributed by atoms with Crippen LogP contribution in [-0.2, 0) is 28.8 Å². The lowest BCUT2D eigenvalue weighted by atomic mass is 10.1. The lowest BCUT2D eigenvalue weighted by molar-refractivity contribution is -0.144. The van der Waals surface area contributed by atoms with Gasteiger partial charge in [0.2, 0.25) is 23.6 Å². The van der Waals surface area contributed by atoms with Gasteiger partial charge in [-0.25, -0.2) is 8.78 Å². The van der Waals surface area contributed by atoms with Gasteiger partial charge >= 0.3 is 11.9 Å². The van der Waals surface area contributed by atoms with Crippen LogP contribution in [0.3, 0.4) is 0 Å². The van der Waals surface area contributed by atoms with Gasteiger partial charge in [0.05, 0.1) is 42.5 Å². The maximum absolute atomic E-state index is 13.8. The normalized spacial score (nSPS) is 18.7. The summed E-state index contributed by atoms with van der Waals surface area (Å²) in [7, 11) is 3.93. The van der Waals surface area contributed by atoms with Crippen LogP contribution >= 0.6 is 0 Å². The number of halogens is 2. The number of hydrogen-bond donors (Lipinski definition) is 6. The van der Waals surface area contributed by atoms with Crippen molar-refractivity contribution >= 4 is 58.1 Å². The molecule has 0 aliphatic carbocycles. The molecule has 0 spiro atoms. The van der Waals surface area contributed by atoms with E-state index in [2.05, 4.69) is 36.1 Å². The number of amides is 5. The van der Waals surface area contributed by atoms with E-state index in [1.54, 1.807) is 34.1 Å². The Labute approximate surface area is 357 Å². The van der Waals surface area contributed by atoms with Crippen molar-refractivity contribution in [1.29, 1.82) is 5.26 Å². The number of likely N-dealkylation sites (tertiary alicyclic amines) is 1. The number of hydrogen-bond acceptors (Lipinski definition) is 13. The summed E-state index contributed by atoms with van der Waals surface area (Å²) in [6.45, 7) is 2.73. The molecule has 0 radical (unpaired) electrons. The molecule has 20 nitrogen and oxygen atoms in total. The molecule has 2 aromatic rings. The average molecular weight is 872 g/mol. The molecule has 0 saturated carbocycles.